The predicted octanol–water partition coefficient (Wildman–Crippen LogP) is 3.06. The Bertz CT molecular complexity index is 258. The second-order valence-corrected chi connectivity index (χ2v) is 6.69. The van der Waals surface area contributed by atoms with E-state index in [1.165, 1.54) is 5.56 Å². The molecular weight excluding hydrogens is 270 g/mol. The largest absolute Gasteiger partial charge is 0.265 e. The van der Waals surface area contributed by atoms with Crippen molar-refractivity contribution in [3.63, 3.8) is 0 Å². The van der Waals surface area contributed by atoms with Gasteiger partial charge in [0.2, 0.25) is 0 Å². The fourth-order valence-electron chi connectivity index (χ4n) is 1.17. The van der Waals surface area contributed by atoms with Gasteiger partial charge in [-0.2, -0.15) is 0 Å². The summed E-state index contributed by atoms with van der Waals surface area (Å²) >= 11 is 7.17. The Morgan fingerprint density at radius 1 is 1.36 bits per heavy atom. The van der Waals surface area contributed by atoms with Crippen LogP contribution in [-0.4, -0.2) is 8.22 Å². The lowest BCUT2D eigenvalue weighted by Crippen LogP contribution is -1.87. The van der Waals surface area contributed by atoms with E-state index in [-0.39, 0.29) is 3.23 Å². The quantitative estimate of drug-likeness (QED) is 0.719. The van der Waals surface area contributed by atoms with E-state index in [0.717, 1.165) is 6.42 Å². The molecule has 1 saturated carbocycles. The van der Waals surface area contributed by atoms with Crippen molar-refractivity contribution in [2.45, 2.75) is 15.6 Å². The zero-order valence-corrected chi connectivity index (χ0v) is 8.97. The van der Waals surface area contributed by atoms with Crippen LogP contribution in [-0.2, 0) is 0 Å². The van der Waals surface area contributed by atoms with E-state index < -0.39 is 0 Å². The maximum atomic E-state index is 3.97. The van der Waals surface area contributed by atoms with Gasteiger partial charge >= 0.3 is 0 Å². The van der Waals surface area contributed by atoms with Crippen LogP contribution in [0.25, 0.3) is 0 Å². The van der Waals surface area contributed by atoms with E-state index in [4.69, 9.17) is 0 Å². The molecule has 1 aliphatic rings. The van der Waals surface area contributed by atoms with Gasteiger partial charge in [0.1, 0.15) is 0 Å². The minimum atomic E-state index is 0.168. The molecule has 1 fully saturated rings. The predicted molar refractivity (Wildman–Crippen MR) is 52.2 cm³/mol. The Balaban J connectivity index is 2.21. The minimum absolute atomic E-state index is 0.168. The van der Waals surface area contributed by atoms with E-state index in [0.29, 0.717) is 5.92 Å². The molecule has 1 nitrogen and oxygen atoms in total. The molecule has 1 aliphatic carbocycles. The van der Waals surface area contributed by atoms with Gasteiger partial charge in [-0.15, -0.1) is 0 Å². The van der Waals surface area contributed by atoms with Crippen LogP contribution in [0.4, 0.5) is 0 Å². The topological polar surface area (TPSA) is 12.9 Å². The number of nitrogens with zero attached hydrogens (tertiary/aromatic N) is 1. The van der Waals surface area contributed by atoms with Gasteiger partial charge in [0.25, 0.3) is 0 Å². The van der Waals surface area contributed by atoms with Crippen molar-refractivity contribution in [1.82, 2.24) is 4.98 Å². The molecule has 0 radical (unpaired) electrons. The average Bonchev–Trinajstić information content (AvgIpc) is 2.62. The number of aromatic nitrogens is 1. The van der Waals surface area contributed by atoms with Gasteiger partial charge in [-0.05, 0) is 24.1 Å². The molecule has 0 bridgehead atoms. The van der Waals surface area contributed by atoms with Gasteiger partial charge in [0, 0.05) is 18.3 Å². The number of rotatable bonds is 1. The third-order valence-corrected chi connectivity index (χ3v) is 3.69. The van der Waals surface area contributed by atoms with Crippen LogP contribution in [0.5, 0.6) is 0 Å². The number of hydrogen-bond acceptors (Lipinski definition) is 1. The molecule has 0 amide bonds. The van der Waals surface area contributed by atoms with E-state index in [9.17, 15) is 0 Å². The lowest BCUT2D eigenvalue weighted by Gasteiger charge is -1.98. The maximum absolute atomic E-state index is 3.97. The lowest BCUT2D eigenvalue weighted by molar-refractivity contribution is 1.11. The molecule has 1 atom stereocenters. The van der Waals surface area contributed by atoms with Gasteiger partial charge in [-0.25, -0.2) is 0 Å². The second-order valence-electron chi connectivity index (χ2n) is 2.80. The lowest BCUT2D eigenvalue weighted by atomic mass is 10.2. The highest BCUT2D eigenvalue weighted by atomic mass is 79.9. The zero-order chi connectivity index (χ0) is 7.90. The van der Waals surface area contributed by atoms with Crippen molar-refractivity contribution in [2.24, 2.45) is 0 Å². The highest BCUT2D eigenvalue weighted by molar-refractivity contribution is 9.25. The Hall–Kier alpha value is 0.110. The van der Waals surface area contributed by atoms with Crippen molar-refractivity contribution in [3.05, 3.63) is 30.1 Å². The van der Waals surface area contributed by atoms with Crippen molar-refractivity contribution < 1.29 is 0 Å². The van der Waals surface area contributed by atoms with E-state index in [2.05, 4.69) is 49.0 Å². The molecule has 3 heteroatoms. The third kappa shape index (κ3) is 1.49. The van der Waals surface area contributed by atoms with Crippen LogP contribution in [0.1, 0.15) is 17.9 Å². The summed E-state index contributed by atoms with van der Waals surface area (Å²) in [5.74, 6) is 0.616. The first-order chi connectivity index (χ1) is 5.20. The van der Waals surface area contributed by atoms with Gasteiger partial charge in [0.05, 0.1) is 3.23 Å². The number of pyridine rings is 1. The fourth-order valence-corrected chi connectivity index (χ4v) is 2.35. The van der Waals surface area contributed by atoms with Gasteiger partial charge in [-0.1, -0.05) is 31.9 Å². The molecule has 2 rings (SSSR count). The summed E-state index contributed by atoms with van der Waals surface area (Å²) in [4.78, 5) is 3.97. The number of alkyl halides is 2. The molecule has 0 spiro atoms. The van der Waals surface area contributed by atoms with Crippen molar-refractivity contribution >= 4 is 31.9 Å². The Morgan fingerprint density at radius 2 is 1.91 bits per heavy atom. The first kappa shape index (κ1) is 7.74. The summed E-state index contributed by atoms with van der Waals surface area (Å²) in [7, 11) is 0. The van der Waals surface area contributed by atoms with Crippen LogP contribution in [0.3, 0.4) is 0 Å². The maximum Gasteiger partial charge on any atom is 0.0881 e. The Kier molecular flexibility index (Phi) is 1.80. The van der Waals surface area contributed by atoms with Crippen LogP contribution in [0.15, 0.2) is 24.5 Å². The van der Waals surface area contributed by atoms with Crippen LogP contribution < -0.4 is 0 Å². The van der Waals surface area contributed by atoms with Crippen LogP contribution in [0.2, 0.25) is 0 Å². The molecule has 58 valence electrons. The Labute approximate surface area is 82.5 Å². The Morgan fingerprint density at radius 3 is 2.36 bits per heavy atom. The molecule has 1 aromatic heterocycles. The minimum Gasteiger partial charge on any atom is -0.265 e. The summed E-state index contributed by atoms with van der Waals surface area (Å²) in [6, 6.07) is 4.13. The first-order valence-corrected chi connectivity index (χ1v) is 5.06. The smallest absolute Gasteiger partial charge is 0.0881 e. The molecule has 0 aromatic carbocycles. The number of hydrogen-bond donors (Lipinski definition) is 0. The average molecular weight is 277 g/mol. The van der Waals surface area contributed by atoms with Gasteiger partial charge in [-0.3, -0.25) is 4.98 Å². The van der Waals surface area contributed by atoms with E-state index in [1.807, 2.05) is 12.4 Å². The summed E-state index contributed by atoms with van der Waals surface area (Å²) in [6.07, 6.45) is 4.84. The molecular formula is C8H7Br2N. The molecule has 1 heterocycles. The molecule has 11 heavy (non-hydrogen) atoms. The fraction of sp³-hybridized carbons (Fsp3) is 0.375. The molecule has 1 unspecified atom stereocenters. The molecule has 0 aliphatic heterocycles. The zero-order valence-electron chi connectivity index (χ0n) is 5.80. The molecule has 0 saturated heterocycles. The van der Waals surface area contributed by atoms with Crippen LogP contribution >= 0.6 is 31.9 Å². The van der Waals surface area contributed by atoms with Gasteiger partial charge in [0.15, 0.2) is 0 Å². The van der Waals surface area contributed by atoms with Crippen LogP contribution in [0, 0.1) is 0 Å². The van der Waals surface area contributed by atoms with Crippen molar-refractivity contribution in [3.8, 4) is 0 Å². The second kappa shape index (κ2) is 2.56. The van der Waals surface area contributed by atoms with Gasteiger partial charge < -0.3 is 0 Å². The molecule has 0 N–H and O–H groups in total. The first-order valence-electron chi connectivity index (χ1n) is 3.48. The van der Waals surface area contributed by atoms with Crippen molar-refractivity contribution in [2.75, 3.05) is 0 Å². The normalized spacial score (nSPS) is 26.5. The third-order valence-electron chi connectivity index (χ3n) is 1.93. The monoisotopic (exact) mass is 275 g/mol. The standard InChI is InChI=1S/C8H7Br2N/c9-8(10)5-7(8)6-1-3-11-4-2-6/h1-4,7H,5H2. The summed E-state index contributed by atoms with van der Waals surface area (Å²) < 4.78 is 0.168. The highest BCUT2D eigenvalue weighted by Gasteiger charge is 2.50. The summed E-state index contributed by atoms with van der Waals surface area (Å²) in [5.41, 5.74) is 1.36. The summed E-state index contributed by atoms with van der Waals surface area (Å²) in [6.45, 7) is 0. The molecule has 1 aromatic rings. The SMILES string of the molecule is BrC1(Br)CC1c1ccncc1. The highest BCUT2D eigenvalue weighted by Crippen LogP contribution is 2.61. The van der Waals surface area contributed by atoms with E-state index >= 15 is 0 Å². The number of halogens is 2. The summed E-state index contributed by atoms with van der Waals surface area (Å²) in [5, 5.41) is 0. The van der Waals surface area contributed by atoms with E-state index in [1.54, 1.807) is 0 Å². The van der Waals surface area contributed by atoms with Crippen molar-refractivity contribution in [1.29, 1.82) is 0 Å².